The molecule has 0 spiro atoms. The Labute approximate surface area is 64.7 Å². The number of methoxy groups -OCH3 is 1. The van der Waals surface area contributed by atoms with Gasteiger partial charge in [0.15, 0.2) is 0 Å². The molecule has 0 unspecified atom stereocenters. The highest BCUT2D eigenvalue weighted by atomic mass is 16.8. The first-order valence-corrected chi connectivity index (χ1v) is 3.21. The van der Waals surface area contributed by atoms with Crippen LogP contribution in [0, 0.1) is 0 Å². The van der Waals surface area contributed by atoms with E-state index in [1.165, 1.54) is 7.11 Å². The number of cyclic esters (lactones) is 1. The second-order valence-corrected chi connectivity index (χ2v) is 2.59. The third-order valence-corrected chi connectivity index (χ3v) is 1.13. The number of carbonyl (C=O) groups is 1. The van der Waals surface area contributed by atoms with E-state index in [1.807, 2.05) is 0 Å². The van der Waals surface area contributed by atoms with Crippen molar-refractivity contribution in [1.82, 2.24) is 0 Å². The molecule has 1 aliphatic heterocycles. The zero-order valence-corrected chi connectivity index (χ0v) is 6.71. The van der Waals surface area contributed by atoms with Gasteiger partial charge >= 0.3 is 5.97 Å². The molecule has 0 saturated carbocycles. The molecule has 1 aliphatic rings. The molecule has 0 aromatic heterocycles. The fourth-order valence-corrected chi connectivity index (χ4v) is 0.761. The van der Waals surface area contributed by atoms with E-state index >= 15 is 0 Å². The predicted octanol–water partition coefficient (Wildman–Crippen LogP) is 0.784. The summed E-state index contributed by atoms with van der Waals surface area (Å²) >= 11 is 0. The Balaban J connectivity index is 2.78. The maximum atomic E-state index is 10.8. The minimum absolute atomic E-state index is 0.186. The quantitative estimate of drug-likeness (QED) is 0.529. The normalized spacial score (nSPS) is 21.4. The summed E-state index contributed by atoms with van der Waals surface area (Å²) in [6.45, 7) is 3.27. The molecule has 0 amide bonds. The minimum atomic E-state index is -0.919. The van der Waals surface area contributed by atoms with Crippen LogP contribution in [0.15, 0.2) is 12.0 Å². The van der Waals surface area contributed by atoms with Crippen molar-refractivity contribution < 1.29 is 19.0 Å². The molecule has 0 atom stereocenters. The van der Waals surface area contributed by atoms with Crippen molar-refractivity contribution in [1.29, 1.82) is 0 Å². The number of esters is 1. The molecule has 0 aromatic carbocycles. The van der Waals surface area contributed by atoms with Crippen LogP contribution in [0.3, 0.4) is 0 Å². The van der Waals surface area contributed by atoms with Gasteiger partial charge in [0.1, 0.15) is 6.08 Å². The van der Waals surface area contributed by atoms with Gasteiger partial charge in [0, 0.05) is 13.8 Å². The third-order valence-electron chi connectivity index (χ3n) is 1.13. The Bertz CT molecular complexity index is 204. The van der Waals surface area contributed by atoms with Crippen LogP contribution in [-0.4, -0.2) is 18.9 Å². The average Bonchev–Trinajstić information content (AvgIpc) is 1.83. The topological polar surface area (TPSA) is 44.8 Å². The van der Waals surface area contributed by atoms with Crippen LogP contribution in [0.1, 0.15) is 13.8 Å². The lowest BCUT2D eigenvalue weighted by atomic mass is 10.3. The van der Waals surface area contributed by atoms with Gasteiger partial charge in [-0.2, -0.15) is 0 Å². The fraction of sp³-hybridized carbons (Fsp3) is 0.571. The monoisotopic (exact) mass is 158 g/mol. The number of carbonyl (C=O) groups excluding carboxylic acids is 1. The summed E-state index contributed by atoms with van der Waals surface area (Å²) in [7, 11) is 1.43. The summed E-state index contributed by atoms with van der Waals surface area (Å²) in [5, 5.41) is 0. The summed E-state index contributed by atoms with van der Waals surface area (Å²) < 4.78 is 14.6. The molecule has 4 nitrogen and oxygen atoms in total. The first-order chi connectivity index (χ1) is 5.03. The molecule has 1 rings (SSSR count). The summed E-state index contributed by atoms with van der Waals surface area (Å²) in [4.78, 5) is 10.8. The van der Waals surface area contributed by atoms with Gasteiger partial charge in [0.05, 0.1) is 7.11 Å². The van der Waals surface area contributed by atoms with Crippen molar-refractivity contribution in [3.63, 3.8) is 0 Å². The van der Waals surface area contributed by atoms with Gasteiger partial charge in [-0.05, 0) is 0 Å². The number of hydrogen-bond acceptors (Lipinski definition) is 4. The fourth-order valence-electron chi connectivity index (χ4n) is 0.761. The lowest BCUT2D eigenvalue weighted by Crippen LogP contribution is -2.34. The maximum absolute atomic E-state index is 10.8. The summed E-state index contributed by atoms with van der Waals surface area (Å²) in [6.07, 6.45) is 1.16. The van der Waals surface area contributed by atoms with Gasteiger partial charge < -0.3 is 14.2 Å². The zero-order chi connectivity index (χ0) is 8.48. The average molecular weight is 158 g/mol. The van der Waals surface area contributed by atoms with Gasteiger partial charge in [0.25, 0.3) is 11.7 Å². The van der Waals surface area contributed by atoms with Crippen molar-refractivity contribution in [3.8, 4) is 0 Å². The molecule has 1 heterocycles. The second kappa shape index (κ2) is 2.45. The second-order valence-electron chi connectivity index (χ2n) is 2.59. The number of hydrogen-bond donors (Lipinski definition) is 0. The SMILES string of the molecule is COC1=CC(=O)OC(C)(C)O1. The smallest absolute Gasteiger partial charge is 0.341 e. The van der Waals surface area contributed by atoms with Gasteiger partial charge in [-0.3, -0.25) is 0 Å². The van der Waals surface area contributed by atoms with Crippen LogP contribution in [0.5, 0.6) is 0 Å². The van der Waals surface area contributed by atoms with E-state index in [0.717, 1.165) is 6.08 Å². The Morgan fingerprint density at radius 2 is 2.09 bits per heavy atom. The molecule has 62 valence electrons. The van der Waals surface area contributed by atoms with E-state index < -0.39 is 11.8 Å². The van der Waals surface area contributed by atoms with Crippen LogP contribution in [0.25, 0.3) is 0 Å². The lowest BCUT2D eigenvalue weighted by Gasteiger charge is -2.29. The van der Waals surface area contributed by atoms with Gasteiger partial charge in [-0.25, -0.2) is 4.79 Å². The van der Waals surface area contributed by atoms with Crippen molar-refractivity contribution >= 4 is 5.97 Å². The molecule has 0 saturated heterocycles. The van der Waals surface area contributed by atoms with Crippen LogP contribution in [0.4, 0.5) is 0 Å². The Hall–Kier alpha value is -1.19. The summed E-state index contributed by atoms with van der Waals surface area (Å²) in [5.41, 5.74) is 0. The molecule has 0 radical (unpaired) electrons. The van der Waals surface area contributed by atoms with Gasteiger partial charge in [0.2, 0.25) is 0 Å². The maximum Gasteiger partial charge on any atom is 0.341 e. The molecular formula is C7H10O4. The van der Waals surface area contributed by atoms with Crippen molar-refractivity contribution in [2.45, 2.75) is 19.6 Å². The van der Waals surface area contributed by atoms with Gasteiger partial charge in [-0.15, -0.1) is 0 Å². The lowest BCUT2D eigenvalue weighted by molar-refractivity contribution is -0.221. The molecule has 4 heteroatoms. The molecule has 0 aliphatic carbocycles. The van der Waals surface area contributed by atoms with E-state index in [0.29, 0.717) is 0 Å². The Morgan fingerprint density at radius 3 is 2.55 bits per heavy atom. The summed E-state index contributed by atoms with van der Waals surface area (Å²) in [5.74, 6) is -1.18. The minimum Gasteiger partial charge on any atom is -0.468 e. The molecule has 0 bridgehead atoms. The molecule has 11 heavy (non-hydrogen) atoms. The molecule has 0 fully saturated rings. The number of rotatable bonds is 1. The van der Waals surface area contributed by atoms with E-state index in [9.17, 15) is 4.79 Å². The largest absolute Gasteiger partial charge is 0.468 e. The van der Waals surface area contributed by atoms with Crippen molar-refractivity contribution in [2.24, 2.45) is 0 Å². The standard InChI is InChI=1S/C7H10O4/c1-7(2)10-5(8)4-6(9-3)11-7/h4H,1-3H3. The zero-order valence-electron chi connectivity index (χ0n) is 6.71. The summed E-state index contributed by atoms with van der Waals surface area (Å²) in [6, 6.07) is 0. The molecule has 0 aromatic rings. The van der Waals surface area contributed by atoms with Crippen molar-refractivity contribution in [3.05, 3.63) is 12.0 Å². The molecular weight excluding hydrogens is 148 g/mol. The van der Waals surface area contributed by atoms with Crippen LogP contribution in [0.2, 0.25) is 0 Å². The highest BCUT2D eigenvalue weighted by molar-refractivity contribution is 5.83. The first kappa shape index (κ1) is 7.91. The first-order valence-electron chi connectivity index (χ1n) is 3.21. The van der Waals surface area contributed by atoms with E-state index in [-0.39, 0.29) is 5.95 Å². The Morgan fingerprint density at radius 1 is 1.45 bits per heavy atom. The highest BCUT2D eigenvalue weighted by Crippen LogP contribution is 2.21. The third kappa shape index (κ3) is 1.86. The van der Waals surface area contributed by atoms with Gasteiger partial charge in [-0.1, -0.05) is 0 Å². The van der Waals surface area contributed by atoms with Crippen molar-refractivity contribution in [2.75, 3.05) is 7.11 Å². The van der Waals surface area contributed by atoms with Crippen LogP contribution < -0.4 is 0 Å². The number of ether oxygens (including phenoxy) is 3. The van der Waals surface area contributed by atoms with E-state index in [2.05, 4.69) is 0 Å². The Kier molecular flexibility index (Phi) is 1.76. The van der Waals surface area contributed by atoms with E-state index in [1.54, 1.807) is 13.8 Å². The van der Waals surface area contributed by atoms with Crippen LogP contribution >= 0.6 is 0 Å². The van der Waals surface area contributed by atoms with E-state index in [4.69, 9.17) is 14.2 Å². The predicted molar refractivity (Wildman–Crippen MR) is 36.3 cm³/mol. The molecule has 0 N–H and O–H groups in total. The van der Waals surface area contributed by atoms with Crippen LogP contribution in [-0.2, 0) is 19.0 Å². The highest BCUT2D eigenvalue weighted by Gasteiger charge is 2.30.